The molecule has 0 radical (unpaired) electrons. The van der Waals surface area contributed by atoms with Crippen LogP contribution in [0, 0.1) is 12.7 Å². The number of nitrogens with zero attached hydrogens (tertiary/aromatic N) is 1. The molecule has 154 valence electrons. The average molecular weight is 407 g/mol. The molecule has 0 saturated carbocycles. The highest BCUT2D eigenvalue weighted by molar-refractivity contribution is 6.15. The Hall–Kier alpha value is -3.65. The van der Waals surface area contributed by atoms with E-state index in [1.807, 2.05) is 25.1 Å². The molecule has 0 unspecified atom stereocenters. The normalized spacial score (nSPS) is 12.3. The number of phenols is 1. The van der Waals surface area contributed by atoms with E-state index in [1.165, 1.54) is 18.3 Å². The van der Waals surface area contributed by atoms with E-state index >= 15 is 0 Å². The van der Waals surface area contributed by atoms with Gasteiger partial charge in [0.05, 0.1) is 22.7 Å². The number of nitrogens with one attached hydrogen (secondary N) is 4. The van der Waals surface area contributed by atoms with Gasteiger partial charge in [-0.1, -0.05) is 13.0 Å². The van der Waals surface area contributed by atoms with Crippen molar-refractivity contribution in [2.45, 2.75) is 20.4 Å². The monoisotopic (exact) mass is 407 g/mol. The second-order valence-corrected chi connectivity index (χ2v) is 7.07. The molecule has 8 heteroatoms. The van der Waals surface area contributed by atoms with E-state index in [9.17, 15) is 14.3 Å². The fourth-order valence-electron chi connectivity index (χ4n) is 3.29. The van der Waals surface area contributed by atoms with E-state index in [1.54, 1.807) is 13.0 Å². The number of benzene rings is 2. The summed E-state index contributed by atoms with van der Waals surface area (Å²) in [6, 6.07) is 9.87. The van der Waals surface area contributed by atoms with Gasteiger partial charge in [-0.15, -0.1) is 0 Å². The van der Waals surface area contributed by atoms with Gasteiger partial charge < -0.3 is 26.4 Å². The van der Waals surface area contributed by atoms with Crippen molar-refractivity contribution < 1.29 is 14.3 Å². The molecule has 0 bridgehead atoms. The smallest absolute Gasteiger partial charge is 0.261 e. The number of halogens is 1. The number of rotatable bonds is 5. The lowest BCUT2D eigenvalue weighted by molar-refractivity contribution is 0.102. The summed E-state index contributed by atoms with van der Waals surface area (Å²) in [5.74, 6) is -0.590. The third-order valence-electron chi connectivity index (χ3n) is 4.90. The van der Waals surface area contributed by atoms with Crippen LogP contribution in [0.5, 0.6) is 5.75 Å². The lowest BCUT2D eigenvalue weighted by Gasteiger charge is -2.14. The first-order valence-electron chi connectivity index (χ1n) is 9.63. The fraction of sp³-hybridized carbons (Fsp3) is 0.182. The van der Waals surface area contributed by atoms with E-state index in [4.69, 9.17) is 0 Å². The zero-order chi connectivity index (χ0) is 21.3. The number of hydrogen-bond donors (Lipinski definition) is 5. The first-order valence-corrected chi connectivity index (χ1v) is 9.63. The van der Waals surface area contributed by atoms with E-state index in [2.05, 4.69) is 26.3 Å². The summed E-state index contributed by atoms with van der Waals surface area (Å²) >= 11 is 0. The number of pyridine rings is 1. The zero-order valence-corrected chi connectivity index (χ0v) is 16.6. The summed E-state index contributed by atoms with van der Waals surface area (Å²) in [4.78, 5) is 17.3. The highest BCUT2D eigenvalue weighted by atomic mass is 19.1. The van der Waals surface area contributed by atoms with Crippen molar-refractivity contribution in [3.8, 4) is 5.75 Å². The van der Waals surface area contributed by atoms with Crippen LogP contribution in [-0.4, -0.2) is 22.5 Å². The predicted molar refractivity (Wildman–Crippen MR) is 115 cm³/mol. The number of phenolic OH excluding ortho intramolecular Hbond substituents is 1. The van der Waals surface area contributed by atoms with Crippen LogP contribution >= 0.6 is 0 Å². The van der Waals surface area contributed by atoms with Crippen molar-refractivity contribution in [2.24, 2.45) is 0 Å². The number of anilines is 5. The minimum atomic E-state index is -0.533. The fourth-order valence-corrected chi connectivity index (χ4v) is 3.29. The largest absolute Gasteiger partial charge is 0.508 e. The van der Waals surface area contributed by atoms with Crippen LogP contribution in [0.15, 0.2) is 42.6 Å². The maximum Gasteiger partial charge on any atom is 0.261 e. The van der Waals surface area contributed by atoms with Gasteiger partial charge in [-0.25, -0.2) is 9.37 Å². The van der Waals surface area contributed by atoms with E-state index < -0.39 is 5.82 Å². The summed E-state index contributed by atoms with van der Waals surface area (Å²) in [6.45, 7) is 5.17. The lowest BCUT2D eigenvalue weighted by atomic mass is 10.1. The van der Waals surface area contributed by atoms with Gasteiger partial charge in [0.15, 0.2) is 0 Å². The van der Waals surface area contributed by atoms with Crippen molar-refractivity contribution in [3.05, 3.63) is 65.1 Å². The molecule has 3 aromatic rings. The summed E-state index contributed by atoms with van der Waals surface area (Å²) in [7, 11) is 0. The SMILES string of the molecule is CCNCc1ccc2c(c1)NC(=O)c1c(Nc3cc(O)c(C)cc3F)ccnc1N2. The van der Waals surface area contributed by atoms with Gasteiger partial charge in [-0.2, -0.15) is 0 Å². The predicted octanol–water partition coefficient (Wildman–Crippen LogP) is 4.40. The van der Waals surface area contributed by atoms with Gasteiger partial charge in [0, 0.05) is 18.8 Å². The Labute approximate surface area is 173 Å². The second-order valence-electron chi connectivity index (χ2n) is 7.07. The maximum absolute atomic E-state index is 14.4. The average Bonchev–Trinajstić information content (AvgIpc) is 2.86. The first kappa shape index (κ1) is 19.7. The van der Waals surface area contributed by atoms with E-state index in [-0.39, 0.29) is 22.9 Å². The number of aromatic hydroxyl groups is 1. The molecular weight excluding hydrogens is 385 g/mol. The number of aryl methyl sites for hydroxylation is 1. The van der Waals surface area contributed by atoms with E-state index in [0.717, 1.165) is 12.1 Å². The summed E-state index contributed by atoms with van der Waals surface area (Å²) in [6.07, 6.45) is 1.53. The van der Waals surface area contributed by atoms with Crippen LogP contribution in [0.1, 0.15) is 28.4 Å². The topological polar surface area (TPSA) is 98.3 Å². The second kappa shape index (κ2) is 8.00. The molecule has 0 fully saturated rings. The Bertz CT molecular complexity index is 1130. The van der Waals surface area contributed by atoms with Crippen molar-refractivity contribution in [3.63, 3.8) is 0 Å². The third kappa shape index (κ3) is 3.77. The van der Waals surface area contributed by atoms with Gasteiger partial charge in [-0.3, -0.25) is 4.79 Å². The maximum atomic E-state index is 14.4. The number of carbonyl (C=O) groups is 1. The summed E-state index contributed by atoms with van der Waals surface area (Å²) in [5, 5.41) is 22.2. The van der Waals surface area contributed by atoms with Gasteiger partial charge in [0.1, 0.15) is 22.9 Å². The number of hydrogen-bond acceptors (Lipinski definition) is 6. The first-order chi connectivity index (χ1) is 14.5. The number of amides is 1. The highest BCUT2D eigenvalue weighted by Gasteiger charge is 2.24. The minimum Gasteiger partial charge on any atom is -0.508 e. The molecule has 0 saturated heterocycles. The Kier molecular flexibility index (Phi) is 5.24. The summed E-state index contributed by atoms with van der Waals surface area (Å²) < 4.78 is 14.4. The van der Waals surface area contributed by atoms with Gasteiger partial charge in [0.25, 0.3) is 5.91 Å². The quantitative estimate of drug-likeness (QED) is 0.430. The molecule has 2 heterocycles. The molecule has 1 amide bonds. The molecule has 1 aliphatic rings. The van der Waals surface area contributed by atoms with Crippen molar-refractivity contribution >= 4 is 34.5 Å². The molecule has 5 N–H and O–H groups in total. The van der Waals surface area contributed by atoms with Crippen LogP contribution in [-0.2, 0) is 6.54 Å². The van der Waals surface area contributed by atoms with Gasteiger partial charge in [-0.05, 0) is 48.9 Å². The number of carbonyl (C=O) groups excluding carboxylic acids is 1. The Balaban J connectivity index is 1.69. The summed E-state index contributed by atoms with van der Waals surface area (Å²) in [5.41, 5.74) is 3.50. The standard InChI is InChI=1S/C22H22FN5O2/c1-3-24-11-13-4-5-15-18(9-13)28-22(30)20-16(6-7-25-21(20)27-15)26-17-10-19(29)12(2)8-14(17)23/h4-10,24,29H,3,11H2,1-2H3,(H,28,30)(H2,25,26,27). The van der Waals surface area contributed by atoms with Crippen LogP contribution < -0.4 is 21.3 Å². The molecule has 30 heavy (non-hydrogen) atoms. The molecule has 1 aromatic heterocycles. The van der Waals surface area contributed by atoms with Crippen molar-refractivity contribution in [1.29, 1.82) is 0 Å². The van der Waals surface area contributed by atoms with Crippen molar-refractivity contribution in [2.75, 3.05) is 22.5 Å². The van der Waals surface area contributed by atoms with Crippen molar-refractivity contribution in [1.82, 2.24) is 10.3 Å². The van der Waals surface area contributed by atoms with Crippen LogP contribution in [0.3, 0.4) is 0 Å². The van der Waals surface area contributed by atoms with Crippen LogP contribution in [0.2, 0.25) is 0 Å². The number of fused-ring (bicyclic) bond motifs is 2. The number of aromatic nitrogens is 1. The molecule has 7 nitrogen and oxygen atoms in total. The Morgan fingerprint density at radius 2 is 1.93 bits per heavy atom. The van der Waals surface area contributed by atoms with Crippen LogP contribution in [0.4, 0.5) is 33.0 Å². The lowest BCUT2D eigenvalue weighted by Crippen LogP contribution is -2.15. The van der Waals surface area contributed by atoms with E-state index in [0.29, 0.717) is 35.0 Å². The zero-order valence-electron chi connectivity index (χ0n) is 16.6. The molecule has 0 spiro atoms. The molecule has 1 aliphatic heterocycles. The molecule has 0 aliphatic carbocycles. The third-order valence-corrected chi connectivity index (χ3v) is 4.90. The molecule has 2 aromatic carbocycles. The van der Waals surface area contributed by atoms with Crippen LogP contribution in [0.25, 0.3) is 0 Å². The Morgan fingerprint density at radius 1 is 1.10 bits per heavy atom. The van der Waals surface area contributed by atoms with Gasteiger partial charge in [0.2, 0.25) is 0 Å². The highest BCUT2D eigenvalue weighted by Crippen LogP contribution is 2.36. The van der Waals surface area contributed by atoms with Gasteiger partial charge >= 0.3 is 0 Å². The molecular formula is C22H22FN5O2. The Morgan fingerprint density at radius 3 is 2.73 bits per heavy atom. The molecule has 4 rings (SSSR count). The molecule has 0 atom stereocenters. The minimum absolute atomic E-state index is 0.0396.